The average molecular weight is 372 g/mol. The zero-order valence-electron chi connectivity index (χ0n) is 15.3. The van der Waals surface area contributed by atoms with Crippen molar-refractivity contribution in [1.29, 1.82) is 0 Å². The lowest BCUT2D eigenvalue weighted by Crippen LogP contribution is -2.18. The van der Waals surface area contributed by atoms with Crippen molar-refractivity contribution in [1.82, 2.24) is 9.97 Å². The molecule has 134 valence electrons. The number of fused-ring (bicyclic) bond motifs is 2. The molecule has 0 spiro atoms. The number of thiophene rings is 1. The predicted molar refractivity (Wildman–Crippen MR) is 113 cm³/mol. The van der Waals surface area contributed by atoms with Crippen LogP contribution in [0.25, 0.3) is 21.3 Å². The first-order valence-electron chi connectivity index (χ1n) is 9.44. The maximum absolute atomic E-state index is 4.68. The summed E-state index contributed by atoms with van der Waals surface area (Å²) in [5.74, 6) is 1.70. The van der Waals surface area contributed by atoms with Gasteiger partial charge in [0.15, 0.2) is 0 Å². The highest BCUT2D eigenvalue weighted by atomic mass is 32.1. The molecular weight excluding hydrogens is 350 g/mol. The van der Waals surface area contributed by atoms with Gasteiger partial charge >= 0.3 is 0 Å². The van der Waals surface area contributed by atoms with Gasteiger partial charge in [-0.15, -0.1) is 11.3 Å². The SMILES string of the molecule is Cc1nc(N[C@@H]2CCCc3ccccc32)cc(-c2ccc3sccc3c2)n1. The summed E-state index contributed by atoms with van der Waals surface area (Å²) >= 11 is 1.77. The fourth-order valence-corrected chi connectivity index (χ4v) is 4.77. The second-order valence-electron chi connectivity index (χ2n) is 7.15. The van der Waals surface area contributed by atoms with Crippen LogP contribution >= 0.6 is 11.3 Å². The van der Waals surface area contributed by atoms with Gasteiger partial charge in [-0.3, -0.25) is 0 Å². The Kier molecular flexibility index (Phi) is 4.13. The Hall–Kier alpha value is -2.72. The van der Waals surface area contributed by atoms with Gasteiger partial charge in [-0.1, -0.05) is 30.3 Å². The molecule has 1 aliphatic carbocycles. The predicted octanol–water partition coefficient (Wildman–Crippen LogP) is 6.16. The number of hydrogen-bond donors (Lipinski definition) is 1. The standard InChI is InChI=1S/C23H21N3S/c1-15-24-21(17-9-10-22-18(13-17)11-12-27-22)14-23(25-15)26-20-8-4-6-16-5-2-3-7-19(16)20/h2-3,5,7,9-14,20H,4,6,8H2,1H3,(H,24,25,26)/t20-/m1/s1. The minimum absolute atomic E-state index is 0.316. The average Bonchev–Trinajstić information content (AvgIpc) is 3.16. The molecule has 0 unspecified atom stereocenters. The number of aromatic nitrogens is 2. The quantitative estimate of drug-likeness (QED) is 0.469. The van der Waals surface area contributed by atoms with Crippen LogP contribution in [0.2, 0.25) is 0 Å². The lowest BCUT2D eigenvalue weighted by atomic mass is 9.88. The first-order chi connectivity index (χ1) is 13.3. The molecule has 4 aromatic rings. The molecule has 0 bridgehead atoms. The second-order valence-corrected chi connectivity index (χ2v) is 8.09. The van der Waals surface area contributed by atoms with Crippen LogP contribution < -0.4 is 5.32 Å². The minimum Gasteiger partial charge on any atom is -0.363 e. The Morgan fingerprint density at radius 3 is 2.93 bits per heavy atom. The van der Waals surface area contributed by atoms with Crippen molar-refractivity contribution >= 4 is 27.2 Å². The molecule has 2 aromatic heterocycles. The molecule has 27 heavy (non-hydrogen) atoms. The Morgan fingerprint density at radius 2 is 1.96 bits per heavy atom. The van der Waals surface area contributed by atoms with Crippen molar-refractivity contribution in [2.75, 3.05) is 5.32 Å². The van der Waals surface area contributed by atoms with E-state index in [1.807, 2.05) is 6.92 Å². The summed E-state index contributed by atoms with van der Waals surface area (Å²) in [5.41, 5.74) is 4.97. The smallest absolute Gasteiger partial charge is 0.130 e. The van der Waals surface area contributed by atoms with E-state index in [-0.39, 0.29) is 0 Å². The van der Waals surface area contributed by atoms with Crippen LogP contribution in [-0.4, -0.2) is 9.97 Å². The van der Waals surface area contributed by atoms with Crippen LogP contribution in [0.15, 0.2) is 60.0 Å². The summed E-state index contributed by atoms with van der Waals surface area (Å²) in [7, 11) is 0. The zero-order chi connectivity index (χ0) is 18.2. The van der Waals surface area contributed by atoms with Gasteiger partial charge in [0.1, 0.15) is 11.6 Å². The zero-order valence-corrected chi connectivity index (χ0v) is 16.1. The van der Waals surface area contributed by atoms with E-state index >= 15 is 0 Å². The van der Waals surface area contributed by atoms with Crippen molar-refractivity contribution in [3.8, 4) is 11.3 Å². The number of benzene rings is 2. The van der Waals surface area contributed by atoms with Crippen LogP contribution in [0.5, 0.6) is 0 Å². The molecule has 4 heteroatoms. The molecule has 0 fully saturated rings. The summed E-state index contributed by atoms with van der Waals surface area (Å²) < 4.78 is 1.31. The van der Waals surface area contributed by atoms with Gasteiger partial charge in [-0.25, -0.2) is 9.97 Å². The van der Waals surface area contributed by atoms with Gasteiger partial charge in [-0.05, 0) is 66.3 Å². The van der Waals surface area contributed by atoms with Gasteiger partial charge in [0.05, 0.1) is 11.7 Å². The highest BCUT2D eigenvalue weighted by Gasteiger charge is 2.20. The van der Waals surface area contributed by atoms with Crippen molar-refractivity contribution in [3.05, 3.63) is 76.9 Å². The summed E-state index contributed by atoms with van der Waals surface area (Å²) in [6, 6.07) is 19.9. The summed E-state index contributed by atoms with van der Waals surface area (Å²) in [6.45, 7) is 1.96. The molecule has 3 nitrogen and oxygen atoms in total. The number of hydrogen-bond acceptors (Lipinski definition) is 4. The molecule has 0 radical (unpaired) electrons. The van der Waals surface area contributed by atoms with E-state index < -0.39 is 0 Å². The Bertz CT molecular complexity index is 1120. The summed E-state index contributed by atoms with van der Waals surface area (Å²) in [6.07, 6.45) is 3.51. The topological polar surface area (TPSA) is 37.8 Å². The molecule has 0 saturated carbocycles. The van der Waals surface area contributed by atoms with Crippen molar-refractivity contribution in [2.24, 2.45) is 0 Å². The number of aryl methyl sites for hydroxylation is 2. The number of nitrogens with zero attached hydrogens (tertiary/aromatic N) is 2. The highest BCUT2D eigenvalue weighted by Crippen LogP contribution is 2.33. The molecule has 2 aromatic carbocycles. The number of nitrogens with one attached hydrogen (secondary N) is 1. The van der Waals surface area contributed by atoms with E-state index in [0.717, 1.165) is 29.3 Å². The molecular formula is C23H21N3S. The van der Waals surface area contributed by atoms with E-state index in [1.165, 1.54) is 34.1 Å². The third kappa shape index (κ3) is 3.21. The lowest BCUT2D eigenvalue weighted by Gasteiger charge is -2.27. The third-order valence-corrected chi connectivity index (χ3v) is 6.18. The molecule has 0 amide bonds. The lowest BCUT2D eigenvalue weighted by molar-refractivity contribution is 0.598. The Balaban J connectivity index is 1.49. The highest BCUT2D eigenvalue weighted by molar-refractivity contribution is 7.17. The van der Waals surface area contributed by atoms with Gasteiger partial charge in [0.2, 0.25) is 0 Å². The molecule has 5 rings (SSSR count). The first-order valence-corrected chi connectivity index (χ1v) is 10.3. The first kappa shape index (κ1) is 16.5. The molecule has 2 heterocycles. The number of anilines is 1. The number of rotatable bonds is 3. The van der Waals surface area contributed by atoms with Crippen LogP contribution in [0.3, 0.4) is 0 Å². The third-order valence-electron chi connectivity index (χ3n) is 5.28. The van der Waals surface area contributed by atoms with E-state index in [4.69, 9.17) is 0 Å². The molecule has 0 saturated heterocycles. The van der Waals surface area contributed by atoms with Crippen LogP contribution in [-0.2, 0) is 6.42 Å². The van der Waals surface area contributed by atoms with Crippen LogP contribution in [0.1, 0.15) is 35.8 Å². The largest absolute Gasteiger partial charge is 0.363 e. The van der Waals surface area contributed by atoms with E-state index in [1.54, 1.807) is 11.3 Å². The molecule has 1 N–H and O–H groups in total. The maximum atomic E-state index is 4.68. The van der Waals surface area contributed by atoms with Crippen molar-refractivity contribution in [2.45, 2.75) is 32.2 Å². The van der Waals surface area contributed by atoms with Crippen molar-refractivity contribution in [3.63, 3.8) is 0 Å². The Morgan fingerprint density at radius 1 is 1.04 bits per heavy atom. The van der Waals surface area contributed by atoms with Gasteiger partial charge < -0.3 is 5.32 Å². The fraction of sp³-hybridized carbons (Fsp3) is 0.217. The van der Waals surface area contributed by atoms with E-state index in [9.17, 15) is 0 Å². The maximum Gasteiger partial charge on any atom is 0.130 e. The van der Waals surface area contributed by atoms with Crippen molar-refractivity contribution < 1.29 is 0 Å². The van der Waals surface area contributed by atoms with Crippen LogP contribution in [0.4, 0.5) is 5.82 Å². The normalized spacial score (nSPS) is 16.3. The second kappa shape index (κ2) is 6.78. The van der Waals surface area contributed by atoms with Gasteiger partial charge in [-0.2, -0.15) is 0 Å². The van der Waals surface area contributed by atoms with Crippen LogP contribution in [0, 0.1) is 6.92 Å². The molecule has 1 aliphatic rings. The molecule has 1 atom stereocenters. The summed E-state index contributed by atoms with van der Waals surface area (Å²) in [5, 5.41) is 7.07. The molecule has 0 aliphatic heterocycles. The monoisotopic (exact) mass is 371 g/mol. The van der Waals surface area contributed by atoms with E-state index in [0.29, 0.717) is 6.04 Å². The Labute approximate surface area is 163 Å². The van der Waals surface area contributed by atoms with Gasteiger partial charge in [0.25, 0.3) is 0 Å². The minimum atomic E-state index is 0.316. The summed E-state index contributed by atoms with van der Waals surface area (Å²) in [4.78, 5) is 9.34. The van der Waals surface area contributed by atoms with E-state index in [2.05, 4.69) is 75.3 Å². The fourth-order valence-electron chi connectivity index (χ4n) is 4.00. The van der Waals surface area contributed by atoms with Gasteiger partial charge in [0, 0.05) is 16.3 Å².